The zero-order valence-corrected chi connectivity index (χ0v) is 14.2. The van der Waals surface area contributed by atoms with Crippen molar-refractivity contribution in [3.05, 3.63) is 71.1 Å². The second-order valence-corrected chi connectivity index (χ2v) is 8.43. The number of hydrogen-bond acceptors (Lipinski definition) is 6. The zero-order valence-electron chi connectivity index (χ0n) is 12.5. The number of fused-ring (bicyclic) bond motifs is 1. The molecule has 0 radical (unpaired) electrons. The highest BCUT2D eigenvalue weighted by Crippen LogP contribution is 2.40. The van der Waals surface area contributed by atoms with Crippen molar-refractivity contribution in [1.82, 2.24) is 4.90 Å². The monoisotopic (exact) mass is 358 g/mol. The van der Waals surface area contributed by atoms with Crippen LogP contribution >= 0.6 is 11.8 Å². The lowest BCUT2D eigenvalue weighted by molar-refractivity contribution is 0.475. The van der Waals surface area contributed by atoms with Crippen LogP contribution in [0.15, 0.2) is 65.0 Å². The maximum absolute atomic E-state index is 12.7. The van der Waals surface area contributed by atoms with E-state index in [1.54, 1.807) is 17.0 Å². The van der Waals surface area contributed by atoms with Crippen LogP contribution in [-0.2, 0) is 9.84 Å². The highest BCUT2D eigenvalue weighted by molar-refractivity contribution is 8.17. The molecule has 0 saturated carbocycles. The van der Waals surface area contributed by atoms with Gasteiger partial charge in [-0.2, -0.15) is 0 Å². The summed E-state index contributed by atoms with van der Waals surface area (Å²) >= 11 is 1.43. The van der Waals surface area contributed by atoms with Gasteiger partial charge in [0.25, 0.3) is 0 Å². The standard InChI is InChI=1S/C17H14N2O3S2/c20-14-8-6-13(7-9-14)16-18-17-19(11-24(16,21)22)15(10-23-17)12-4-2-1-3-5-12/h1-10,16,20H,11H2. The number of benzene rings is 2. The lowest BCUT2D eigenvalue weighted by Gasteiger charge is -2.29. The van der Waals surface area contributed by atoms with Crippen LogP contribution in [0.25, 0.3) is 5.70 Å². The van der Waals surface area contributed by atoms with E-state index in [1.807, 2.05) is 35.7 Å². The number of nitrogens with zero attached hydrogens (tertiary/aromatic N) is 2. The van der Waals surface area contributed by atoms with Crippen LogP contribution < -0.4 is 0 Å². The van der Waals surface area contributed by atoms with Crippen molar-refractivity contribution >= 4 is 32.5 Å². The molecule has 122 valence electrons. The lowest BCUT2D eigenvalue weighted by atomic mass is 10.1. The van der Waals surface area contributed by atoms with Crippen LogP contribution in [0.2, 0.25) is 0 Å². The van der Waals surface area contributed by atoms with Crippen molar-refractivity contribution in [2.24, 2.45) is 4.99 Å². The van der Waals surface area contributed by atoms with Crippen LogP contribution in [0.1, 0.15) is 16.5 Å². The summed E-state index contributed by atoms with van der Waals surface area (Å²) in [5, 5.41) is 11.1. The third kappa shape index (κ3) is 2.59. The van der Waals surface area contributed by atoms with Gasteiger partial charge in [0.15, 0.2) is 20.4 Å². The van der Waals surface area contributed by atoms with E-state index in [2.05, 4.69) is 4.99 Å². The Labute approximate surface area is 144 Å². The summed E-state index contributed by atoms with van der Waals surface area (Å²) in [6.45, 7) is 0. The minimum Gasteiger partial charge on any atom is -0.508 e. The van der Waals surface area contributed by atoms with Crippen molar-refractivity contribution in [1.29, 1.82) is 0 Å². The number of hydrogen-bond donors (Lipinski definition) is 1. The summed E-state index contributed by atoms with van der Waals surface area (Å²) in [5.74, 6) is -0.00465. The Balaban J connectivity index is 1.72. The number of aromatic hydroxyl groups is 1. The molecule has 0 bridgehead atoms. The fourth-order valence-electron chi connectivity index (χ4n) is 2.75. The molecular weight excluding hydrogens is 344 g/mol. The van der Waals surface area contributed by atoms with Gasteiger partial charge in [0.05, 0.1) is 5.70 Å². The number of aliphatic imine (C=N–C) groups is 1. The maximum atomic E-state index is 12.7. The van der Waals surface area contributed by atoms with Crippen molar-refractivity contribution in [2.45, 2.75) is 5.37 Å². The number of phenolic OH excluding ortho intramolecular Hbond substituents is 1. The number of thioether (sulfide) groups is 1. The molecule has 2 aromatic rings. The van der Waals surface area contributed by atoms with E-state index in [0.717, 1.165) is 11.3 Å². The lowest BCUT2D eigenvalue weighted by Crippen LogP contribution is -2.37. The second-order valence-electron chi connectivity index (χ2n) is 5.56. The van der Waals surface area contributed by atoms with Crippen LogP contribution in [0.3, 0.4) is 0 Å². The molecule has 7 heteroatoms. The first kappa shape index (κ1) is 15.3. The van der Waals surface area contributed by atoms with Gasteiger partial charge in [0.2, 0.25) is 0 Å². The molecule has 1 N–H and O–H groups in total. The minimum atomic E-state index is -3.48. The van der Waals surface area contributed by atoms with Crippen LogP contribution in [0, 0.1) is 0 Å². The summed E-state index contributed by atoms with van der Waals surface area (Å²) in [4.78, 5) is 6.20. The van der Waals surface area contributed by atoms with E-state index in [1.165, 1.54) is 23.9 Å². The summed E-state index contributed by atoms with van der Waals surface area (Å²) in [6.07, 6.45) is 0. The first-order valence-electron chi connectivity index (χ1n) is 7.33. The molecule has 1 atom stereocenters. The van der Waals surface area contributed by atoms with Crippen LogP contribution in [0.4, 0.5) is 0 Å². The SMILES string of the molecule is O=S1(=O)CN2C(c3ccccc3)=CSC2=NC1c1ccc(O)cc1. The molecule has 2 heterocycles. The van der Waals surface area contributed by atoms with Crippen molar-refractivity contribution in [3.8, 4) is 5.75 Å². The van der Waals surface area contributed by atoms with Gasteiger partial charge in [-0.1, -0.05) is 54.2 Å². The fourth-order valence-corrected chi connectivity index (χ4v) is 5.43. The Bertz CT molecular complexity index is 936. The summed E-state index contributed by atoms with van der Waals surface area (Å²) in [5.41, 5.74) is 2.38. The first-order chi connectivity index (χ1) is 11.5. The molecule has 1 unspecified atom stereocenters. The second kappa shape index (κ2) is 5.68. The fraction of sp³-hybridized carbons (Fsp3) is 0.118. The molecule has 24 heavy (non-hydrogen) atoms. The van der Waals surface area contributed by atoms with Crippen LogP contribution in [-0.4, -0.2) is 29.5 Å². The average Bonchev–Trinajstić information content (AvgIpc) is 2.97. The van der Waals surface area contributed by atoms with E-state index in [0.29, 0.717) is 10.7 Å². The van der Waals surface area contributed by atoms with Gasteiger partial charge in [0, 0.05) is 5.41 Å². The topological polar surface area (TPSA) is 70.0 Å². The van der Waals surface area contributed by atoms with Gasteiger partial charge in [0.1, 0.15) is 11.6 Å². The van der Waals surface area contributed by atoms with E-state index >= 15 is 0 Å². The minimum absolute atomic E-state index is 0.101. The summed E-state index contributed by atoms with van der Waals surface area (Å²) in [7, 11) is -3.48. The molecule has 2 aromatic carbocycles. The molecule has 2 aliphatic heterocycles. The first-order valence-corrected chi connectivity index (χ1v) is 9.92. The molecule has 5 nitrogen and oxygen atoms in total. The third-order valence-electron chi connectivity index (χ3n) is 3.92. The predicted molar refractivity (Wildman–Crippen MR) is 95.9 cm³/mol. The summed E-state index contributed by atoms with van der Waals surface area (Å²) < 4.78 is 25.5. The quantitative estimate of drug-likeness (QED) is 0.893. The largest absolute Gasteiger partial charge is 0.508 e. The Hall–Kier alpha value is -2.25. The zero-order chi connectivity index (χ0) is 16.7. The van der Waals surface area contributed by atoms with Crippen molar-refractivity contribution in [2.75, 3.05) is 5.88 Å². The molecular formula is C17H14N2O3S2. The third-order valence-corrected chi connectivity index (χ3v) is 6.48. The Morgan fingerprint density at radius 3 is 2.50 bits per heavy atom. The molecule has 2 aliphatic rings. The molecule has 0 aliphatic carbocycles. The average molecular weight is 358 g/mol. The highest BCUT2D eigenvalue weighted by Gasteiger charge is 2.39. The summed E-state index contributed by atoms with van der Waals surface area (Å²) in [6, 6.07) is 15.8. The van der Waals surface area contributed by atoms with Crippen molar-refractivity contribution in [3.63, 3.8) is 0 Å². The Morgan fingerprint density at radius 1 is 1.08 bits per heavy atom. The Kier molecular flexibility index (Phi) is 3.62. The van der Waals surface area contributed by atoms with E-state index in [-0.39, 0.29) is 11.6 Å². The van der Waals surface area contributed by atoms with Crippen molar-refractivity contribution < 1.29 is 13.5 Å². The number of phenols is 1. The van der Waals surface area contributed by atoms with E-state index in [9.17, 15) is 13.5 Å². The molecule has 0 amide bonds. The smallest absolute Gasteiger partial charge is 0.196 e. The molecule has 0 fully saturated rings. The van der Waals surface area contributed by atoms with Crippen LogP contribution in [0.5, 0.6) is 5.75 Å². The van der Waals surface area contributed by atoms with Gasteiger partial charge in [-0.05, 0) is 23.3 Å². The molecule has 0 saturated heterocycles. The van der Waals surface area contributed by atoms with Gasteiger partial charge >= 0.3 is 0 Å². The molecule has 4 rings (SSSR count). The van der Waals surface area contributed by atoms with Gasteiger partial charge in [-0.15, -0.1) is 0 Å². The molecule has 0 spiro atoms. The van der Waals surface area contributed by atoms with Gasteiger partial charge in [-0.3, -0.25) is 0 Å². The normalized spacial score (nSPS) is 21.8. The molecule has 0 aromatic heterocycles. The number of amidine groups is 1. The number of rotatable bonds is 2. The van der Waals surface area contributed by atoms with E-state index < -0.39 is 15.2 Å². The Morgan fingerprint density at radius 2 is 1.79 bits per heavy atom. The van der Waals surface area contributed by atoms with Gasteiger partial charge in [-0.25, -0.2) is 13.4 Å². The number of sulfone groups is 1. The highest BCUT2D eigenvalue weighted by atomic mass is 32.2. The predicted octanol–water partition coefficient (Wildman–Crippen LogP) is 3.18. The van der Waals surface area contributed by atoms with Gasteiger partial charge < -0.3 is 10.0 Å². The van der Waals surface area contributed by atoms with E-state index in [4.69, 9.17) is 0 Å². The maximum Gasteiger partial charge on any atom is 0.196 e.